The van der Waals surface area contributed by atoms with Crippen LogP contribution < -0.4 is 9.88 Å². The van der Waals surface area contributed by atoms with Gasteiger partial charge in [0.2, 0.25) is 10.0 Å². The van der Waals surface area contributed by atoms with Crippen LogP contribution in [-0.4, -0.2) is 34.0 Å². The lowest BCUT2D eigenvalue weighted by molar-refractivity contribution is 0.00193. The second kappa shape index (κ2) is 6.29. The monoisotopic (exact) mass is 317 g/mol. The first-order valence-electron chi connectivity index (χ1n) is 6.77. The molecule has 1 saturated heterocycles. The normalized spacial score (nSPS) is 18.4. The predicted molar refractivity (Wildman–Crippen MR) is 77.1 cm³/mol. The summed E-state index contributed by atoms with van der Waals surface area (Å²) < 4.78 is 47.2. The second-order valence-electron chi connectivity index (χ2n) is 5.62. The first-order chi connectivity index (χ1) is 9.80. The third-order valence-corrected chi connectivity index (χ3v) is 4.76. The minimum Gasteiger partial charge on any atom is -0.493 e. The van der Waals surface area contributed by atoms with Crippen molar-refractivity contribution in [1.82, 2.24) is 0 Å². The van der Waals surface area contributed by atoms with Gasteiger partial charge >= 0.3 is 0 Å². The third kappa shape index (κ3) is 4.66. The fraction of sp³-hybridized carbons (Fsp3) is 0.571. The number of rotatable bonds is 5. The van der Waals surface area contributed by atoms with Gasteiger partial charge in [0.25, 0.3) is 0 Å². The predicted octanol–water partition coefficient (Wildman–Crippen LogP) is 1.60. The van der Waals surface area contributed by atoms with Crippen molar-refractivity contribution in [2.45, 2.75) is 19.8 Å². The van der Waals surface area contributed by atoms with Gasteiger partial charge in [0.15, 0.2) is 0 Å². The molecule has 0 aliphatic carbocycles. The molecular formula is C14H20FNO4S. The van der Waals surface area contributed by atoms with Crippen molar-refractivity contribution in [2.24, 2.45) is 10.6 Å². The standard InChI is InChI=1S/C14H20FNO4S/c1-11-2-3-12(15)8-13(11)20-9-14(10-21(16,17)18)4-6-19-7-5-14/h2-3,8H,4-7,9-10H2,1H3,(H2,16,17,18). The van der Waals surface area contributed by atoms with Gasteiger partial charge in [0, 0.05) is 24.7 Å². The van der Waals surface area contributed by atoms with E-state index in [9.17, 15) is 12.8 Å². The van der Waals surface area contributed by atoms with Gasteiger partial charge in [0.1, 0.15) is 11.6 Å². The highest BCUT2D eigenvalue weighted by atomic mass is 32.2. The molecule has 0 spiro atoms. The molecule has 1 aliphatic rings. The molecule has 0 bridgehead atoms. The lowest BCUT2D eigenvalue weighted by atomic mass is 9.83. The van der Waals surface area contributed by atoms with Gasteiger partial charge in [-0.15, -0.1) is 0 Å². The van der Waals surface area contributed by atoms with E-state index in [1.807, 2.05) is 6.92 Å². The van der Waals surface area contributed by atoms with E-state index in [4.69, 9.17) is 14.6 Å². The number of aryl methyl sites for hydroxylation is 1. The lowest BCUT2D eigenvalue weighted by Crippen LogP contribution is -2.42. The van der Waals surface area contributed by atoms with Crippen molar-refractivity contribution in [3.8, 4) is 5.75 Å². The van der Waals surface area contributed by atoms with Crippen LogP contribution in [0.15, 0.2) is 18.2 Å². The zero-order valence-corrected chi connectivity index (χ0v) is 12.8. The van der Waals surface area contributed by atoms with Crippen LogP contribution in [0.2, 0.25) is 0 Å². The Morgan fingerprint density at radius 3 is 2.67 bits per heavy atom. The molecule has 5 nitrogen and oxygen atoms in total. The van der Waals surface area contributed by atoms with Crippen LogP contribution in [0, 0.1) is 18.2 Å². The second-order valence-corrected chi connectivity index (χ2v) is 7.23. The van der Waals surface area contributed by atoms with Gasteiger partial charge < -0.3 is 9.47 Å². The molecule has 7 heteroatoms. The fourth-order valence-electron chi connectivity index (χ4n) is 2.52. The number of benzene rings is 1. The molecule has 1 aromatic rings. The van der Waals surface area contributed by atoms with Gasteiger partial charge in [-0.1, -0.05) is 6.07 Å². The Bertz CT molecular complexity index is 597. The average molecular weight is 317 g/mol. The highest BCUT2D eigenvalue weighted by molar-refractivity contribution is 7.89. The zero-order chi connectivity index (χ0) is 15.5. The summed E-state index contributed by atoms with van der Waals surface area (Å²) in [5.74, 6) is -0.115. The molecule has 1 heterocycles. The molecule has 0 aromatic heterocycles. The number of sulfonamides is 1. The Labute approximate surface area is 124 Å². The van der Waals surface area contributed by atoms with E-state index >= 15 is 0 Å². The molecule has 118 valence electrons. The maximum atomic E-state index is 13.3. The van der Waals surface area contributed by atoms with Gasteiger partial charge in [-0.3, -0.25) is 0 Å². The van der Waals surface area contributed by atoms with Crippen LogP contribution >= 0.6 is 0 Å². The van der Waals surface area contributed by atoms with E-state index in [0.29, 0.717) is 31.8 Å². The summed E-state index contributed by atoms with van der Waals surface area (Å²) in [7, 11) is -3.61. The topological polar surface area (TPSA) is 78.6 Å². The maximum absolute atomic E-state index is 13.3. The Morgan fingerprint density at radius 1 is 1.38 bits per heavy atom. The smallest absolute Gasteiger partial charge is 0.209 e. The van der Waals surface area contributed by atoms with Crippen molar-refractivity contribution >= 4 is 10.0 Å². The van der Waals surface area contributed by atoms with Crippen LogP contribution in [0.1, 0.15) is 18.4 Å². The SMILES string of the molecule is Cc1ccc(F)cc1OCC1(CS(N)(=O)=O)CCOCC1. The molecule has 1 fully saturated rings. The highest BCUT2D eigenvalue weighted by Gasteiger charge is 2.37. The summed E-state index contributed by atoms with van der Waals surface area (Å²) >= 11 is 0. The Balaban J connectivity index is 2.14. The summed E-state index contributed by atoms with van der Waals surface area (Å²) in [6.45, 7) is 2.93. The average Bonchev–Trinajstić information content (AvgIpc) is 2.39. The largest absolute Gasteiger partial charge is 0.493 e. The molecule has 2 N–H and O–H groups in total. The molecular weight excluding hydrogens is 297 g/mol. The number of ether oxygens (including phenoxy) is 2. The summed E-state index contributed by atoms with van der Waals surface area (Å²) in [5.41, 5.74) is 0.221. The van der Waals surface area contributed by atoms with E-state index < -0.39 is 15.4 Å². The zero-order valence-electron chi connectivity index (χ0n) is 12.0. The van der Waals surface area contributed by atoms with Gasteiger partial charge in [-0.25, -0.2) is 17.9 Å². The molecule has 1 aromatic carbocycles. The van der Waals surface area contributed by atoms with E-state index in [1.54, 1.807) is 6.07 Å². The van der Waals surface area contributed by atoms with Gasteiger partial charge in [-0.2, -0.15) is 0 Å². The minimum atomic E-state index is -3.61. The molecule has 0 atom stereocenters. The van der Waals surface area contributed by atoms with E-state index in [0.717, 1.165) is 5.56 Å². The molecule has 0 radical (unpaired) electrons. The number of primary sulfonamides is 1. The van der Waals surface area contributed by atoms with Crippen molar-refractivity contribution in [2.75, 3.05) is 25.6 Å². The maximum Gasteiger partial charge on any atom is 0.209 e. The molecule has 21 heavy (non-hydrogen) atoms. The number of hydrogen-bond donors (Lipinski definition) is 1. The lowest BCUT2D eigenvalue weighted by Gasteiger charge is -2.36. The van der Waals surface area contributed by atoms with E-state index in [1.165, 1.54) is 12.1 Å². The van der Waals surface area contributed by atoms with Gasteiger partial charge in [0.05, 0.1) is 12.4 Å². The summed E-state index contributed by atoms with van der Waals surface area (Å²) in [6.07, 6.45) is 1.11. The fourth-order valence-corrected chi connectivity index (χ4v) is 3.75. The minimum absolute atomic E-state index is 0.155. The summed E-state index contributed by atoms with van der Waals surface area (Å²) in [5, 5.41) is 5.19. The highest BCUT2D eigenvalue weighted by Crippen LogP contribution is 2.33. The van der Waals surface area contributed by atoms with Crippen molar-refractivity contribution in [1.29, 1.82) is 0 Å². The molecule has 2 rings (SSSR count). The molecule has 1 aliphatic heterocycles. The van der Waals surface area contributed by atoms with Crippen LogP contribution in [0.5, 0.6) is 5.75 Å². The number of nitrogens with two attached hydrogens (primary N) is 1. The number of halogens is 1. The van der Waals surface area contributed by atoms with E-state index in [-0.39, 0.29) is 18.2 Å². The third-order valence-electron chi connectivity index (χ3n) is 3.74. The molecule has 0 amide bonds. The molecule has 0 saturated carbocycles. The first-order valence-corrected chi connectivity index (χ1v) is 8.48. The Kier molecular flexibility index (Phi) is 4.85. The first kappa shape index (κ1) is 16.2. The van der Waals surface area contributed by atoms with Crippen LogP contribution in [-0.2, 0) is 14.8 Å². The van der Waals surface area contributed by atoms with Crippen molar-refractivity contribution in [3.05, 3.63) is 29.6 Å². The quantitative estimate of drug-likeness (QED) is 0.894. The summed E-state index contributed by atoms with van der Waals surface area (Å²) in [6, 6.07) is 4.29. The van der Waals surface area contributed by atoms with E-state index in [2.05, 4.69) is 0 Å². The summed E-state index contributed by atoms with van der Waals surface area (Å²) in [4.78, 5) is 0. The van der Waals surface area contributed by atoms with Crippen LogP contribution in [0.3, 0.4) is 0 Å². The van der Waals surface area contributed by atoms with Gasteiger partial charge in [-0.05, 0) is 31.4 Å². The van der Waals surface area contributed by atoms with Crippen molar-refractivity contribution in [3.63, 3.8) is 0 Å². The van der Waals surface area contributed by atoms with Crippen molar-refractivity contribution < 1.29 is 22.3 Å². The van der Waals surface area contributed by atoms with Crippen LogP contribution in [0.25, 0.3) is 0 Å². The van der Waals surface area contributed by atoms with Crippen LogP contribution in [0.4, 0.5) is 4.39 Å². The Hall–Kier alpha value is -1.18. The molecule has 0 unspecified atom stereocenters. The Morgan fingerprint density at radius 2 is 2.05 bits per heavy atom. The number of hydrogen-bond acceptors (Lipinski definition) is 4.